The lowest BCUT2D eigenvalue weighted by atomic mass is 9.98. The van der Waals surface area contributed by atoms with Gasteiger partial charge in [-0.2, -0.15) is 0 Å². The molecule has 142 valence electrons. The maximum absolute atomic E-state index is 11.6. The summed E-state index contributed by atoms with van der Waals surface area (Å²) < 4.78 is 4.18. The van der Waals surface area contributed by atoms with Crippen molar-refractivity contribution in [2.75, 3.05) is 6.61 Å². The minimum atomic E-state index is -2.55. The van der Waals surface area contributed by atoms with Gasteiger partial charge in [0.25, 0.3) is 0 Å². The molecule has 0 aromatic rings. The number of carboxylic acids is 3. The molecule has 0 aromatic heterocycles. The lowest BCUT2D eigenvalue weighted by Gasteiger charge is -2.20. The smallest absolute Gasteiger partial charge is 0.377 e. The number of rotatable bonds is 10. The molecule has 0 amide bonds. The number of aliphatic carboxylic acids is 3. The van der Waals surface area contributed by atoms with Gasteiger partial charge in [-0.1, -0.05) is 0 Å². The van der Waals surface area contributed by atoms with Gasteiger partial charge in [-0.3, -0.25) is 9.59 Å². The van der Waals surface area contributed by atoms with Crippen molar-refractivity contribution in [2.24, 2.45) is 5.92 Å². The molecule has 0 bridgehead atoms. The Hall–Kier alpha value is -2.90. The van der Waals surface area contributed by atoms with Crippen LogP contribution in [0.2, 0.25) is 0 Å². The summed E-state index contributed by atoms with van der Waals surface area (Å²) in [5, 5.41) is 72.0. The molecule has 2 unspecified atom stereocenters. The van der Waals surface area contributed by atoms with Crippen molar-refractivity contribution < 1.29 is 64.8 Å². The van der Waals surface area contributed by atoms with Crippen LogP contribution in [0.25, 0.3) is 0 Å². The van der Waals surface area contributed by atoms with E-state index >= 15 is 0 Å². The van der Waals surface area contributed by atoms with E-state index in [1.807, 2.05) is 0 Å². The molecule has 13 nitrogen and oxygen atoms in total. The third kappa shape index (κ3) is 6.25. The first kappa shape index (κ1) is 22.1. The van der Waals surface area contributed by atoms with E-state index in [0.29, 0.717) is 0 Å². The van der Waals surface area contributed by atoms with Crippen LogP contribution in [-0.2, 0) is 23.9 Å². The molecule has 0 spiro atoms. The maximum Gasteiger partial charge on any atom is 0.377 e. The molecular weight excluding hydrogens is 352 g/mol. The number of aliphatic hydroxyl groups is 5. The fourth-order valence-electron chi connectivity index (χ4n) is 1.51. The molecule has 0 aromatic carbocycles. The Kier molecular flexibility index (Phi) is 8.32. The molecule has 0 aliphatic carbocycles. The molecule has 0 fully saturated rings. The highest BCUT2D eigenvalue weighted by atomic mass is 16.6. The minimum Gasteiger partial charge on any atom is -0.506 e. The van der Waals surface area contributed by atoms with E-state index in [0.717, 1.165) is 0 Å². The topological polar surface area (TPSA) is 239 Å². The Balaban J connectivity index is 5.51. The number of esters is 1. The summed E-state index contributed by atoms with van der Waals surface area (Å²) in [6.07, 6.45) is -8.13. The Labute approximate surface area is 138 Å². The fourth-order valence-corrected chi connectivity index (χ4v) is 1.51. The predicted octanol–water partition coefficient (Wildman–Crippen LogP) is -2.80. The van der Waals surface area contributed by atoms with Gasteiger partial charge in [0.05, 0.1) is 13.0 Å². The van der Waals surface area contributed by atoms with Crippen LogP contribution in [0.1, 0.15) is 6.42 Å². The molecule has 0 rings (SSSR count). The second kappa shape index (κ2) is 9.41. The largest absolute Gasteiger partial charge is 0.506 e. The molecule has 0 aliphatic rings. The first-order chi connectivity index (χ1) is 11.4. The van der Waals surface area contributed by atoms with Gasteiger partial charge in [0, 0.05) is 0 Å². The molecule has 0 aliphatic heterocycles. The molecular formula is C12H16O13. The lowest BCUT2D eigenvalue weighted by molar-refractivity contribution is -0.174. The van der Waals surface area contributed by atoms with Crippen LogP contribution in [0.3, 0.4) is 0 Å². The second-order valence-corrected chi connectivity index (χ2v) is 4.64. The van der Waals surface area contributed by atoms with Crippen molar-refractivity contribution in [3.8, 4) is 0 Å². The van der Waals surface area contributed by atoms with Gasteiger partial charge in [0.1, 0.15) is 18.1 Å². The quantitative estimate of drug-likeness (QED) is 0.110. The molecule has 4 atom stereocenters. The highest BCUT2D eigenvalue weighted by molar-refractivity contribution is 5.91. The number of hydrogen-bond acceptors (Lipinski definition) is 10. The summed E-state index contributed by atoms with van der Waals surface area (Å²) in [6.45, 7) is -1.08. The van der Waals surface area contributed by atoms with Crippen LogP contribution < -0.4 is 0 Å². The van der Waals surface area contributed by atoms with Crippen molar-refractivity contribution in [1.29, 1.82) is 0 Å². The zero-order valence-electron chi connectivity index (χ0n) is 12.3. The third-order valence-electron chi connectivity index (χ3n) is 2.82. The fraction of sp³-hybridized carbons (Fsp3) is 0.500. The summed E-state index contributed by atoms with van der Waals surface area (Å²) in [5.74, 6) is -13.3. The van der Waals surface area contributed by atoms with Gasteiger partial charge in [-0.25, -0.2) is 9.59 Å². The van der Waals surface area contributed by atoms with Crippen LogP contribution in [0.4, 0.5) is 0 Å². The average molecular weight is 368 g/mol. The van der Waals surface area contributed by atoms with Gasteiger partial charge < -0.3 is 45.6 Å². The van der Waals surface area contributed by atoms with Gasteiger partial charge >= 0.3 is 23.9 Å². The number of ether oxygens (including phenoxy) is 1. The first-order valence-electron chi connectivity index (χ1n) is 6.41. The number of aliphatic hydroxyl groups excluding tert-OH is 5. The van der Waals surface area contributed by atoms with Gasteiger partial charge in [-0.05, 0) is 0 Å². The summed E-state index contributed by atoms with van der Waals surface area (Å²) in [6, 6.07) is 0. The van der Waals surface area contributed by atoms with Gasteiger partial charge in [-0.15, -0.1) is 0 Å². The van der Waals surface area contributed by atoms with E-state index in [2.05, 4.69) is 4.74 Å². The maximum atomic E-state index is 11.6. The van der Waals surface area contributed by atoms with Crippen molar-refractivity contribution in [3.63, 3.8) is 0 Å². The van der Waals surface area contributed by atoms with Gasteiger partial charge in [0.2, 0.25) is 11.9 Å². The SMILES string of the molecule is O=C(O)CC(C(=O)O)C(OC(=O)/C(O)=C(/O)[C@H](O)[C@H](O)CO)C(=O)O. The number of carbonyl (C=O) groups excluding carboxylic acids is 1. The normalized spacial score (nSPS) is 16.8. The summed E-state index contributed by atoms with van der Waals surface area (Å²) in [7, 11) is 0. The molecule has 0 saturated heterocycles. The van der Waals surface area contributed by atoms with Crippen LogP contribution in [0.5, 0.6) is 0 Å². The molecule has 8 N–H and O–H groups in total. The molecule has 0 heterocycles. The number of hydrogen-bond donors (Lipinski definition) is 8. The van der Waals surface area contributed by atoms with Gasteiger partial charge in [0.15, 0.2) is 5.76 Å². The molecule has 13 heteroatoms. The Morgan fingerprint density at radius 2 is 1.40 bits per heavy atom. The van der Waals surface area contributed by atoms with E-state index in [1.54, 1.807) is 0 Å². The minimum absolute atomic E-state index is 1.08. The Morgan fingerprint density at radius 3 is 1.76 bits per heavy atom. The van der Waals surface area contributed by atoms with Crippen molar-refractivity contribution in [2.45, 2.75) is 24.7 Å². The van der Waals surface area contributed by atoms with E-state index < -0.39 is 72.7 Å². The van der Waals surface area contributed by atoms with E-state index in [-0.39, 0.29) is 0 Å². The Bertz CT molecular complexity index is 565. The monoisotopic (exact) mass is 368 g/mol. The zero-order chi connectivity index (χ0) is 19.9. The van der Waals surface area contributed by atoms with E-state index in [1.165, 1.54) is 0 Å². The van der Waals surface area contributed by atoms with Crippen LogP contribution in [-0.4, -0.2) is 89.6 Å². The highest BCUT2D eigenvalue weighted by Gasteiger charge is 2.40. The summed E-state index contributed by atoms with van der Waals surface area (Å²) in [4.78, 5) is 44.2. The summed E-state index contributed by atoms with van der Waals surface area (Å²) >= 11 is 0. The number of carbonyl (C=O) groups is 4. The standard InChI is InChI=1S/C12H16O13/c13-2-4(14)6(17)7(18)8(19)12(24)25-9(11(22)23)3(10(20)21)1-5(15)16/h3-4,6,9,13-14,17-19H,1-2H2,(H,15,16)(H,20,21)(H,22,23)/b8-7-/t3?,4-,6-,9?/m1/s1. The molecule has 0 saturated carbocycles. The van der Waals surface area contributed by atoms with Crippen molar-refractivity contribution in [1.82, 2.24) is 0 Å². The number of carboxylic acid groups (broad SMARTS) is 3. The first-order valence-corrected chi connectivity index (χ1v) is 6.41. The predicted molar refractivity (Wildman–Crippen MR) is 72.3 cm³/mol. The van der Waals surface area contributed by atoms with Crippen LogP contribution >= 0.6 is 0 Å². The summed E-state index contributed by atoms with van der Waals surface area (Å²) in [5.41, 5.74) is 0. The zero-order valence-corrected chi connectivity index (χ0v) is 12.3. The van der Waals surface area contributed by atoms with Crippen LogP contribution in [0, 0.1) is 5.92 Å². The van der Waals surface area contributed by atoms with Crippen LogP contribution in [0.15, 0.2) is 11.5 Å². The molecule has 25 heavy (non-hydrogen) atoms. The third-order valence-corrected chi connectivity index (χ3v) is 2.82. The van der Waals surface area contributed by atoms with E-state index in [4.69, 9.17) is 25.5 Å². The average Bonchev–Trinajstić information content (AvgIpc) is 2.53. The highest BCUT2D eigenvalue weighted by Crippen LogP contribution is 2.17. The van der Waals surface area contributed by atoms with Crippen molar-refractivity contribution in [3.05, 3.63) is 11.5 Å². The molecule has 0 radical (unpaired) electrons. The second-order valence-electron chi connectivity index (χ2n) is 4.64. The lowest BCUT2D eigenvalue weighted by Crippen LogP contribution is -2.40. The Morgan fingerprint density at radius 1 is 0.880 bits per heavy atom. The van der Waals surface area contributed by atoms with Crippen molar-refractivity contribution >= 4 is 23.9 Å². The van der Waals surface area contributed by atoms with E-state index in [9.17, 15) is 34.5 Å².